The molecular weight excluding hydrogens is 525 g/mol. The summed E-state index contributed by atoms with van der Waals surface area (Å²) in [4.78, 5) is 24.1. The summed E-state index contributed by atoms with van der Waals surface area (Å²) in [5.41, 5.74) is 1.62. The monoisotopic (exact) mass is 553 g/mol. The molecule has 1 aromatic heterocycles. The van der Waals surface area contributed by atoms with Crippen molar-refractivity contribution in [2.24, 2.45) is 4.99 Å². The van der Waals surface area contributed by atoms with Gasteiger partial charge in [0.15, 0.2) is 6.29 Å². The SMILES string of the molecule is CCS(=O)(=O)Nc1cc(F)cc(-c2nc(C3CC3)[nH]c2C2=NC(NC[C@H](C)NC(=O)OC)NC=C2)c1Cl. The number of nitrogens with zero attached hydrogens (tertiary/aromatic N) is 2. The van der Waals surface area contributed by atoms with Gasteiger partial charge < -0.3 is 20.4 Å². The Labute approximate surface area is 219 Å². The maximum atomic E-state index is 14.6. The van der Waals surface area contributed by atoms with Crippen molar-refractivity contribution in [1.82, 2.24) is 25.9 Å². The number of amides is 1. The molecule has 0 spiro atoms. The second kappa shape index (κ2) is 11.1. The van der Waals surface area contributed by atoms with Crippen LogP contribution in [0.2, 0.25) is 5.02 Å². The van der Waals surface area contributed by atoms with Crippen LogP contribution >= 0.6 is 11.6 Å². The minimum atomic E-state index is -3.68. The number of rotatable bonds is 10. The number of ether oxygens (including phenoxy) is 1. The highest BCUT2D eigenvalue weighted by Gasteiger charge is 2.31. The third-order valence-electron chi connectivity index (χ3n) is 5.81. The van der Waals surface area contributed by atoms with Crippen molar-refractivity contribution in [2.45, 2.75) is 44.9 Å². The highest BCUT2D eigenvalue weighted by Crippen LogP contribution is 2.42. The molecule has 5 N–H and O–H groups in total. The van der Waals surface area contributed by atoms with E-state index in [4.69, 9.17) is 21.6 Å². The first-order valence-electron chi connectivity index (χ1n) is 11.8. The minimum absolute atomic E-state index is 0.0319. The summed E-state index contributed by atoms with van der Waals surface area (Å²) < 4.78 is 45.9. The van der Waals surface area contributed by atoms with Crippen molar-refractivity contribution in [2.75, 3.05) is 24.1 Å². The number of aliphatic imine (C=N–C) groups is 1. The number of hydrogen-bond donors (Lipinski definition) is 5. The first-order valence-corrected chi connectivity index (χ1v) is 13.8. The lowest BCUT2D eigenvalue weighted by molar-refractivity contribution is 0.167. The molecule has 2 aliphatic rings. The fraction of sp³-hybridized carbons (Fsp3) is 0.435. The predicted molar refractivity (Wildman–Crippen MR) is 140 cm³/mol. The number of benzene rings is 1. The van der Waals surface area contributed by atoms with Gasteiger partial charge in [-0.25, -0.2) is 27.6 Å². The van der Waals surface area contributed by atoms with E-state index < -0.39 is 28.2 Å². The number of H-pyrrole nitrogens is 1. The number of carbonyl (C=O) groups excluding carboxylic acids is 1. The lowest BCUT2D eigenvalue weighted by Crippen LogP contribution is -2.47. The zero-order chi connectivity index (χ0) is 26.7. The van der Waals surface area contributed by atoms with E-state index in [9.17, 15) is 17.6 Å². The second-order valence-electron chi connectivity index (χ2n) is 8.80. The van der Waals surface area contributed by atoms with Crippen molar-refractivity contribution in [3.63, 3.8) is 0 Å². The molecule has 2 aromatic rings. The van der Waals surface area contributed by atoms with Gasteiger partial charge in [-0.15, -0.1) is 0 Å². The van der Waals surface area contributed by atoms with Gasteiger partial charge in [0, 0.05) is 30.3 Å². The highest BCUT2D eigenvalue weighted by molar-refractivity contribution is 7.92. The van der Waals surface area contributed by atoms with Crippen molar-refractivity contribution >= 4 is 39.1 Å². The Morgan fingerprint density at radius 1 is 1.35 bits per heavy atom. The molecule has 200 valence electrons. The van der Waals surface area contributed by atoms with E-state index in [0.29, 0.717) is 23.6 Å². The average molecular weight is 554 g/mol. The molecule has 1 saturated carbocycles. The van der Waals surface area contributed by atoms with Gasteiger partial charge in [-0.2, -0.15) is 0 Å². The quantitative estimate of drug-likeness (QED) is 0.303. The third kappa shape index (κ3) is 6.59. The Hall–Kier alpha value is -3.16. The zero-order valence-corrected chi connectivity index (χ0v) is 22.1. The lowest BCUT2D eigenvalue weighted by Gasteiger charge is -2.22. The fourth-order valence-corrected chi connectivity index (χ4v) is 4.63. The number of anilines is 1. The third-order valence-corrected chi connectivity index (χ3v) is 7.51. The predicted octanol–water partition coefficient (Wildman–Crippen LogP) is 3.03. The Kier molecular flexibility index (Phi) is 8.05. The Morgan fingerprint density at radius 2 is 2.11 bits per heavy atom. The molecule has 2 heterocycles. The van der Waals surface area contributed by atoms with Gasteiger partial charge in [0.1, 0.15) is 11.6 Å². The van der Waals surface area contributed by atoms with Crippen LogP contribution in [-0.2, 0) is 14.8 Å². The molecule has 11 nitrogen and oxygen atoms in total. The summed E-state index contributed by atoms with van der Waals surface area (Å²) in [5, 5.41) is 8.98. The maximum Gasteiger partial charge on any atom is 0.407 e. The molecule has 1 fully saturated rings. The van der Waals surface area contributed by atoms with Crippen LogP contribution in [0.25, 0.3) is 11.3 Å². The number of methoxy groups -OCH3 is 1. The molecule has 1 aliphatic heterocycles. The summed E-state index contributed by atoms with van der Waals surface area (Å²) in [5.74, 6) is 0.134. The largest absolute Gasteiger partial charge is 0.453 e. The summed E-state index contributed by atoms with van der Waals surface area (Å²) in [6.07, 6.45) is 4.37. The van der Waals surface area contributed by atoms with Crippen LogP contribution in [0.5, 0.6) is 0 Å². The number of hydrogen-bond acceptors (Lipinski definition) is 8. The number of aromatic amines is 1. The first kappa shape index (κ1) is 26.9. The molecule has 0 saturated heterocycles. The van der Waals surface area contributed by atoms with Crippen molar-refractivity contribution in [3.05, 3.63) is 46.8 Å². The van der Waals surface area contributed by atoms with Crippen LogP contribution in [-0.4, -0.2) is 61.9 Å². The van der Waals surface area contributed by atoms with E-state index in [1.54, 1.807) is 12.3 Å². The molecule has 1 aliphatic carbocycles. The number of carbonyl (C=O) groups is 1. The number of allylic oxidation sites excluding steroid dienone is 1. The zero-order valence-electron chi connectivity index (χ0n) is 20.6. The summed E-state index contributed by atoms with van der Waals surface area (Å²) in [6, 6.07) is 2.04. The van der Waals surface area contributed by atoms with Crippen LogP contribution in [0.3, 0.4) is 0 Å². The van der Waals surface area contributed by atoms with Gasteiger partial charge in [0.2, 0.25) is 10.0 Å². The van der Waals surface area contributed by atoms with Crippen molar-refractivity contribution in [3.8, 4) is 11.3 Å². The van der Waals surface area contributed by atoms with Gasteiger partial charge in [-0.1, -0.05) is 11.6 Å². The van der Waals surface area contributed by atoms with E-state index in [2.05, 4.69) is 30.4 Å². The Morgan fingerprint density at radius 3 is 2.78 bits per heavy atom. The molecule has 2 atom stereocenters. The minimum Gasteiger partial charge on any atom is -0.453 e. The topological polar surface area (TPSA) is 150 Å². The molecule has 14 heteroatoms. The van der Waals surface area contributed by atoms with Crippen LogP contribution in [0.4, 0.5) is 14.9 Å². The molecule has 0 bridgehead atoms. The van der Waals surface area contributed by atoms with Gasteiger partial charge in [0.05, 0.1) is 40.7 Å². The normalized spacial score (nSPS) is 18.1. The van der Waals surface area contributed by atoms with Crippen LogP contribution in [0, 0.1) is 5.82 Å². The van der Waals surface area contributed by atoms with Gasteiger partial charge in [-0.3, -0.25) is 10.0 Å². The van der Waals surface area contributed by atoms with Crippen LogP contribution < -0.4 is 20.7 Å². The summed E-state index contributed by atoms with van der Waals surface area (Å²) in [6.45, 7) is 3.69. The van der Waals surface area contributed by atoms with Crippen LogP contribution in [0.15, 0.2) is 29.4 Å². The van der Waals surface area contributed by atoms with E-state index >= 15 is 0 Å². The van der Waals surface area contributed by atoms with Gasteiger partial charge >= 0.3 is 6.09 Å². The van der Waals surface area contributed by atoms with E-state index in [1.165, 1.54) is 20.1 Å². The molecular formula is C23H29ClFN7O4S. The molecule has 1 aromatic carbocycles. The van der Waals surface area contributed by atoms with Gasteiger partial charge in [-0.05, 0) is 44.9 Å². The smallest absolute Gasteiger partial charge is 0.407 e. The Bertz CT molecular complexity index is 1340. The maximum absolute atomic E-state index is 14.6. The Balaban J connectivity index is 1.67. The first-order chi connectivity index (χ1) is 17.6. The molecule has 1 unspecified atom stereocenters. The van der Waals surface area contributed by atoms with E-state index in [1.807, 2.05) is 6.92 Å². The molecule has 37 heavy (non-hydrogen) atoms. The number of sulfonamides is 1. The number of imidazole rings is 1. The van der Waals surface area contributed by atoms with E-state index in [-0.39, 0.29) is 34.0 Å². The van der Waals surface area contributed by atoms with Crippen molar-refractivity contribution < 1.29 is 22.3 Å². The fourth-order valence-electron chi connectivity index (χ4n) is 3.69. The summed E-state index contributed by atoms with van der Waals surface area (Å²) in [7, 11) is -2.39. The number of alkyl carbamates (subject to hydrolysis) is 1. The lowest BCUT2D eigenvalue weighted by atomic mass is 10.1. The second-order valence-corrected chi connectivity index (χ2v) is 11.2. The van der Waals surface area contributed by atoms with Crippen molar-refractivity contribution in [1.29, 1.82) is 0 Å². The van der Waals surface area contributed by atoms with E-state index in [0.717, 1.165) is 24.7 Å². The highest BCUT2D eigenvalue weighted by atomic mass is 35.5. The molecule has 4 rings (SSSR count). The summed E-state index contributed by atoms with van der Waals surface area (Å²) >= 11 is 6.59. The van der Waals surface area contributed by atoms with Crippen LogP contribution in [0.1, 0.15) is 44.1 Å². The molecule has 0 radical (unpaired) electrons. The number of nitrogens with one attached hydrogen (secondary N) is 5. The standard InChI is InChI=1S/C23H29ClFN7O4S/c1-4-37(34,35)32-17-10-14(25)9-15(18(17)24)19-20(31-21(30-19)13-5-6-13)16-7-8-26-22(29-16)27-11-12(2)28-23(33)36-3/h7-10,12-13,22,26-27,32H,4-6,11H2,1-3H3,(H,28,33)(H,30,31)/t12-,22?/m0/s1. The number of halogens is 2. The number of aromatic nitrogens is 2. The molecule has 1 amide bonds. The average Bonchev–Trinajstić information content (AvgIpc) is 3.63. The van der Waals surface area contributed by atoms with Gasteiger partial charge in [0.25, 0.3) is 0 Å².